The van der Waals surface area contributed by atoms with Gasteiger partial charge in [-0.15, -0.1) is 0 Å². The number of benzene rings is 2. The van der Waals surface area contributed by atoms with Crippen LogP contribution in [0, 0.1) is 5.92 Å². The number of fused-ring (bicyclic) bond motifs is 1. The largest absolute Gasteiger partial charge is 0.339 e. The van der Waals surface area contributed by atoms with E-state index in [1.165, 1.54) is 6.42 Å². The first-order valence-electron chi connectivity index (χ1n) is 11.5. The number of aldehydes is 1. The second kappa shape index (κ2) is 9.94. The van der Waals surface area contributed by atoms with E-state index in [2.05, 4.69) is 4.90 Å². The maximum Gasteiger partial charge on any atom is 0.245 e. The van der Waals surface area contributed by atoms with E-state index in [1.807, 2.05) is 30.3 Å². The van der Waals surface area contributed by atoms with E-state index in [1.54, 1.807) is 23.5 Å². The third-order valence-corrected chi connectivity index (χ3v) is 9.21. The number of carbonyl (C=O) groups excluding carboxylic acids is 1. The molecule has 1 aliphatic carbocycles. The van der Waals surface area contributed by atoms with Crippen LogP contribution in [0.1, 0.15) is 50.5 Å². The summed E-state index contributed by atoms with van der Waals surface area (Å²) < 4.78 is 29.3. The van der Waals surface area contributed by atoms with Crippen molar-refractivity contribution in [3.63, 3.8) is 0 Å². The van der Waals surface area contributed by atoms with Crippen LogP contribution in [0.2, 0.25) is 5.02 Å². The summed E-state index contributed by atoms with van der Waals surface area (Å²) in [7, 11) is -1.97. The van der Waals surface area contributed by atoms with Gasteiger partial charge in [0.2, 0.25) is 10.0 Å². The molecule has 1 atom stereocenters. The van der Waals surface area contributed by atoms with Crippen molar-refractivity contribution in [1.29, 1.82) is 0 Å². The van der Waals surface area contributed by atoms with E-state index in [0.29, 0.717) is 47.3 Å². The van der Waals surface area contributed by atoms with Gasteiger partial charge in [0.15, 0.2) is 0 Å². The Morgan fingerprint density at radius 3 is 2.50 bits per heavy atom. The molecule has 1 aliphatic heterocycles. The molecular formula is C25H31ClN2O3S. The van der Waals surface area contributed by atoms with E-state index in [9.17, 15) is 13.2 Å². The predicted molar refractivity (Wildman–Crippen MR) is 129 cm³/mol. The average Bonchev–Trinajstić information content (AvgIpc) is 2.89. The van der Waals surface area contributed by atoms with Crippen molar-refractivity contribution >= 4 is 39.3 Å². The first-order chi connectivity index (χ1) is 15.4. The zero-order chi connectivity index (χ0) is 22.7. The number of carbonyl (C=O) groups is 1. The Bertz CT molecular complexity index is 1050. The van der Waals surface area contributed by atoms with Crippen molar-refractivity contribution in [3.8, 4) is 0 Å². The number of hydrogen-bond donors (Lipinski definition) is 0. The molecule has 0 bridgehead atoms. The van der Waals surface area contributed by atoms with Gasteiger partial charge in [-0.2, -0.15) is 4.31 Å². The van der Waals surface area contributed by atoms with E-state index < -0.39 is 10.0 Å². The maximum atomic E-state index is 13.8. The predicted octanol–water partition coefficient (Wildman–Crippen LogP) is 5.58. The number of anilines is 2. The molecule has 1 heterocycles. The number of unbranched alkanes of at least 4 members (excludes halogenated alkanes) is 1. The van der Waals surface area contributed by atoms with Gasteiger partial charge >= 0.3 is 0 Å². The standard InChI is InChI=1S/C25H31ClN2O3S/c1-27-24(19-10-4-2-5-11-19)18-28(21-13-6-3-7-14-21)23-17-22(26)20(12-8-9-15-29)16-25(23)32(27,30)31/h3,6-7,13-17,19,24H,2,4-5,8-12,18H2,1H3/t24-/m0/s1. The van der Waals surface area contributed by atoms with E-state index in [-0.39, 0.29) is 6.04 Å². The van der Waals surface area contributed by atoms with Gasteiger partial charge in [0.25, 0.3) is 0 Å². The van der Waals surface area contributed by atoms with Crippen LogP contribution in [-0.2, 0) is 21.2 Å². The maximum absolute atomic E-state index is 13.8. The highest BCUT2D eigenvalue weighted by atomic mass is 35.5. The number of rotatable bonds is 6. The molecule has 0 N–H and O–H groups in total. The number of halogens is 1. The van der Waals surface area contributed by atoms with Crippen LogP contribution < -0.4 is 4.90 Å². The molecule has 2 aliphatic rings. The van der Waals surface area contributed by atoms with Crippen molar-refractivity contribution in [2.75, 3.05) is 18.5 Å². The minimum Gasteiger partial charge on any atom is -0.339 e. The van der Waals surface area contributed by atoms with Crippen LogP contribution >= 0.6 is 11.6 Å². The van der Waals surface area contributed by atoms with Crippen LogP contribution in [-0.4, -0.2) is 38.6 Å². The lowest BCUT2D eigenvalue weighted by Crippen LogP contribution is -2.46. The fourth-order valence-corrected chi connectivity index (χ4v) is 7.00. The van der Waals surface area contributed by atoms with Crippen LogP contribution in [0.3, 0.4) is 0 Å². The quantitative estimate of drug-likeness (QED) is 0.405. The topological polar surface area (TPSA) is 57.7 Å². The molecule has 0 saturated heterocycles. The first-order valence-corrected chi connectivity index (χ1v) is 13.3. The Labute approximate surface area is 196 Å². The molecule has 5 nitrogen and oxygen atoms in total. The number of sulfonamides is 1. The summed E-state index contributed by atoms with van der Waals surface area (Å²) in [4.78, 5) is 13.2. The molecule has 0 spiro atoms. The zero-order valence-electron chi connectivity index (χ0n) is 18.5. The molecule has 7 heteroatoms. The zero-order valence-corrected chi connectivity index (χ0v) is 20.1. The highest BCUT2D eigenvalue weighted by molar-refractivity contribution is 7.89. The summed E-state index contributed by atoms with van der Waals surface area (Å²) >= 11 is 6.64. The van der Waals surface area contributed by atoms with Gasteiger partial charge in [0, 0.05) is 36.8 Å². The van der Waals surface area contributed by atoms with Crippen LogP contribution in [0.25, 0.3) is 0 Å². The second-order valence-corrected chi connectivity index (χ2v) is 11.3. The van der Waals surface area contributed by atoms with Crippen molar-refractivity contribution in [2.24, 2.45) is 5.92 Å². The molecule has 0 unspecified atom stereocenters. The van der Waals surface area contributed by atoms with Gasteiger partial charge in [-0.1, -0.05) is 49.1 Å². The van der Waals surface area contributed by atoms with Gasteiger partial charge in [0.1, 0.15) is 11.2 Å². The summed E-state index contributed by atoms with van der Waals surface area (Å²) in [5.41, 5.74) is 2.36. The van der Waals surface area contributed by atoms with Gasteiger partial charge < -0.3 is 9.69 Å². The Balaban J connectivity index is 1.84. The Hall–Kier alpha value is -1.89. The van der Waals surface area contributed by atoms with Crippen LogP contribution in [0.4, 0.5) is 11.4 Å². The van der Waals surface area contributed by atoms with Gasteiger partial charge in [0.05, 0.1) is 5.69 Å². The first kappa shape index (κ1) is 23.3. The molecule has 2 aromatic carbocycles. The van der Waals surface area contributed by atoms with Gasteiger partial charge in [-0.3, -0.25) is 0 Å². The lowest BCUT2D eigenvalue weighted by atomic mass is 9.83. The van der Waals surface area contributed by atoms with Gasteiger partial charge in [-0.25, -0.2) is 8.42 Å². The fraction of sp³-hybridized carbons (Fsp3) is 0.480. The third kappa shape index (κ3) is 4.59. The smallest absolute Gasteiger partial charge is 0.245 e. The number of para-hydroxylation sites is 1. The number of hydrogen-bond acceptors (Lipinski definition) is 4. The van der Waals surface area contributed by atoms with Crippen molar-refractivity contribution in [1.82, 2.24) is 4.31 Å². The molecule has 0 aromatic heterocycles. The lowest BCUT2D eigenvalue weighted by Gasteiger charge is -2.36. The minimum absolute atomic E-state index is 0.106. The normalized spacial score (nSPS) is 21.7. The number of nitrogens with zero attached hydrogens (tertiary/aromatic N) is 2. The summed E-state index contributed by atoms with van der Waals surface area (Å²) in [6.45, 7) is 0.595. The molecular weight excluding hydrogens is 444 g/mol. The molecule has 0 amide bonds. The molecule has 2 aromatic rings. The summed E-state index contributed by atoms with van der Waals surface area (Å²) in [5, 5.41) is 0.546. The Kier molecular flexibility index (Phi) is 7.23. The second-order valence-electron chi connectivity index (χ2n) is 8.90. The van der Waals surface area contributed by atoms with Crippen LogP contribution in [0.5, 0.6) is 0 Å². The average molecular weight is 475 g/mol. The molecule has 32 heavy (non-hydrogen) atoms. The number of likely N-dealkylation sites (N-methyl/N-ethyl adjacent to an activating group) is 1. The van der Waals surface area contributed by atoms with Crippen LogP contribution in [0.15, 0.2) is 47.4 Å². The summed E-state index contributed by atoms with van der Waals surface area (Å²) in [6, 6.07) is 13.4. The third-order valence-electron chi connectivity index (χ3n) is 6.94. The van der Waals surface area contributed by atoms with Crippen molar-refractivity contribution in [2.45, 2.75) is 62.3 Å². The monoisotopic (exact) mass is 474 g/mol. The molecule has 1 saturated carbocycles. The molecule has 0 radical (unpaired) electrons. The van der Waals surface area contributed by atoms with E-state index in [4.69, 9.17) is 11.6 Å². The number of aryl methyl sites for hydroxylation is 1. The molecule has 172 valence electrons. The Morgan fingerprint density at radius 1 is 1.09 bits per heavy atom. The highest BCUT2D eigenvalue weighted by Gasteiger charge is 2.41. The highest BCUT2D eigenvalue weighted by Crippen LogP contribution is 2.42. The molecule has 1 fully saturated rings. The van der Waals surface area contributed by atoms with E-state index >= 15 is 0 Å². The lowest BCUT2D eigenvalue weighted by molar-refractivity contribution is -0.107. The van der Waals surface area contributed by atoms with Crippen molar-refractivity contribution < 1.29 is 13.2 Å². The van der Waals surface area contributed by atoms with Gasteiger partial charge in [-0.05, 0) is 61.4 Å². The Morgan fingerprint density at radius 2 is 1.81 bits per heavy atom. The minimum atomic E-state index is -3.70. The summed E-state index contributed by atoms with van der Waals surface area (Å²) in [6.07, 6.45) is 8.17. The van der Waals surface area contributed by atoms with Crippen molar-refractivity contribution in [3.05, 3.63) is 53.1 Å². The van der Waals surface area contributed by atoms with E-state index in [0.717, 1.165) is 43.2 Å². The molecule has 4 rings (SSSR count). The summed E-state index contributed by atoms with van der Waals surface area (Å²) in [5.74, 6) is 0.339. The fourth-order valence-electron chi connectivity index (χ4n) is 5.12. The SMILES string of the molecule is CN1[C@H](C2CCCCC2)CN(c2ccccc2)c2cc(Cl)c(CCCC=O)cc2S1(=O)=O.